The summed E-state index contributed by atoms with van der Waals surface area (Å²) in [6.45, 7) is 1.98. The van der Waals surface area contributed by atoms with Crippen LogP contribution in [0.15, 0.2) is 71.9 Å². The minimum Gasteiger partial charge on any atom is -0.291 e. The number of benzene rings is 2. The van der Waals surface area contributed by atoms with Crippen molar-refractivity contribution in [3.63, 3.8) is 0 Å². The van der Waals surface area contributed by atoms with E-state index in [9.17, 15) is 4.79 Å². The van der Waals surface area contributed by atoms with Gasteiger partial charge in [-0.2, -0.15) is 5.10 Å². The number of aromatic nitrogens is 4. The van der Waals surface area contributed by atoms with Crippen LogP contribution in [0.3, 0.4) is 0 Å². The molecule has 2 heterocycles. The van der Waals surface area contributed by atoms with Crippen molar-refractivity contribution in [1.82, 2.24) is 19.3 Å². The highest BCUT2D eigenvalue weighted by Crippen LogP contribution is 2.19. The molecular formula is C19H15ClN4O. The van der Waals surface area contributed by atoms with E-state index in [0.29, 0.717) is 16.1 Å². The molecule has 0 aliphatic carbocycles. The number of hydrogen-bond donors (Lipinski definition) is 0. The Bertz CT molecular complexity index is 1100. The van der Waals surface area contributed by atoms with Crippen molar-refractivity contribution in [2.45, 2.75) is 13.0 Å². The van der Waals surface area contributed by atoms with Gasteiger partial charge in [0.05, 0.1) is 17.9 Å². The van der Waals surface area contributed by atoms with Crippen LogP contribution in [0, 0.1) is 0 Å². The van der Waals surface area contributed by atoms with E-state index >= 15 is 0 Å². The Kier molecular flexibility index (Phi) is 3.86. The predicted octanol–water partition coefficient (Wildman–Crippen LogP) is 3.84. The van der Waals surface area contributed by atoms with Gasteiger partial charge in [-0.05, 0) is 30.7 Å². The zero-order chi connectivity index (χ0) is 17.4. The summed E-state index contributed by atoms with van der Waals surface area (Å²) in [6, 6.07) is 17.0. The lowest BCUT2D eigenvalue weighted by molar-refractivity contribution is 0.608. The molecule has 0 spiro atoms. The van der Waals surface area contributed by atoms with Crippen LogP contribution in [-0.2, 0) is 0 Å². The molecule has 6 heteroatoms. The van der Waals surface area contributed by atoms with Gasteiger partial charge in [0.1, 0.15) is 11.7 Å². The Hall–Kier alpha value is -2.92. The molecule has 0 fully saturated rings. The first-order chi connectivity index (χ1) is 12.1. The molecule has 5 nitrogen and oxygen atoms in total. The van der Waals surface area contributed by atoms with E-state index in [1.54, 1.807) is 33.9 Å². The van der Waals surface area contributed by atoms with Gasteiger partial charge in [0.15, 0.2) is 5.65 Å². The van der Waals surface area contributed by atoms with Crippen LogP contribution < -0.4 is 5.56 Å². The summed E-state index contributed by atoms with van der Waals surface area (Å²) >= 11 is 6.05. The van der Waals surface area contributed by atoms with Gasteiger partial charge in [-0.1, -0.05) is 48.0 Å². The Morgan fingerprint density at radius 3 is 2.64 bits per heavy atom. The van der Waals surface area contributed by atoms with E-state index < -0.39 is 0 Å². The monoisotopic (exact) mass is 350 g/mol. The van der Waals surface area contributed by atoms with Crippen molar-refractivity contribution >= 4 is 22.6 Å². The van der Waals surface area contributed by atoms with E-state index in [4.69, 9.17) is 11.6 Å². The lowest BCUT2D eigenvalue weighted by Gasteiger charge is -2.15. The first-order valence-electron chi connectivity index (χ1n) is 7.91. The second kappa shape index (κ2) is 6.18. The molecule has 4 rings (SSSR count). The van der Waals surface area contributed by atoms with E-state index in [1.165, 1.54) is 0 Å². The minimum absolute atomic E-state index is 0.111. The topological polar surface area (TPSA) is 52.7 Å². The summed E-state index contributed by atoms with van der Waals surface area (Å²) < 4.78 is 3.25. The van der Waals surface area contributed by atoms with Gasteiger partial charge in [-0.15, -0.1) is 0 Å². The summed E-state index contributed by atoms with van der Waals surface area (Å²) in [7, 11) is 0. The smallest absolute Gasteiger partial charge is 0.265 e. The molecule has 2 aromatic carbocycles. The van der Waals surface area contributed by atoms with E-state index in [2.05, 4.69) is 10.1 Å². The molecule has 0 amide bonds. The van der Waals surface area contributed by atoms with Crippen LogP contribution in [0.4, 0.5) is 0 Å². The minimum atomic E-state index is -0.116. The summed E-state index contributed by atoms with van der Waals surface area (Å²) in [4.78, 5) is 17.4. The molecule has 0 aliphatic rings. The average Bonchev–Trinajstić information content (AvgIpc) is 3.07. The van der Waals surface area contributed by atoms with E-state index in [-0.39, 0.29) is 11.6 Å². The van der Waals surface area contributed by atoms with Crippen LogP contribution in [-0.4, -0.2) is 19.3 Å². The molecule has 0 unspecified atom stereocenters. The van der Waals surface area contributed by atoms with Crippen molar-refractivity contribution in [1.29, 1.82) is 0 Å². The van der Waals surface area contributed by atoms with E-state index in [1.807, 2.05) is 49.4 Å². The molecule has 25 heavy (non-hydrogen) atoms. The lowest BCUT2D eigenvalue weighted by atomic mass is 10.1. The number of fused-ring (bicyclic) bond motifs is 1. The van der Waals surface area contributed by atoms with Crippen molar-refractivity contribution in [2.24, 2.45) is 0 Å². The third kappa shape index (κ3) is 2.72. The Morgan fingerprint density at radius 1 is 1.08 bits per heavy atom. The summed E-state index contributed by atoms with van der Waals surface area (Å²) in [5, 5.41) is 5.40. The van der Waals surface area contributed by atoms with Crippen LogP contribution in [0.5, 0.6) is 0 Å². The normalized spacial score (nSPS) is 12.4. The molecule has 0 saturated carbocycles. The van der Waals surface area contributed by atoms with Gasteiger partial charge >= 0.3 is 0 Å². The maximum absolute atomic E-state index is 12.9. The zero-order valence-corrected chi connectivity index (χ0v) is 14.3. The third-order valence-electron chi connectivity index (χ3n) is 4.27. The van der Waals surface area contributed by atoms with Crippen molar-refractivity contribution in [3.05, 3.63) is 88.1 Å². The molecule has 1 atom stereocenters. The highest BCUT2D eigenvalue weighted by molar-refractivity contribution is 6.30. The van der Waals surface area contributed by atoms with Gasteiger partial charge in [-0.25, -0.2) is 9.67 Å². The molecular weight excluding hydrogens is 336 g/mol. The molecule has 0 N–H and O–H groups in total. The Morgan fingerprint density at radius 2 is 1.88 bits per heavy atom. The lowest BCUT2D eigenvalue weighted by Crippen LogP contribution is -2.24. The fraction of sp³-hybridized carbons (Fsp3) is 0.105. The maximum Gasteiger partial charge on any atom is 0.265 e. The fourth-order valence-corrected chi connectivity index (χ4v) is 3.07. The standard InChI is InChI=1S/C19H15ClN4O/c1-13(14-6-3-2-4-7-14)23-12-21-18-17(19(23)25)11-22-24(18)16-9-5-8-15(20)10-16/h2-13H,1H3/t13-/m0/s1. The number of halogens is 1. The maximum atomic E-state index is 12.9. The molecule has 4 aromatic rings. The van der Waals surface area contributed by atoms with Crippen molar-refractivity contribution in [3.8, 4) is 5.69 Å². The predicted molar refractivity (Wildman–Crippen MR) is 98.4 cm³/mol. The Labute approximate surface area is 149 Å². The number of hydrogen-bond acceptors (Lipinski definition) is 3. The number of nitrogens with zero attached hydrogens (tertiary/aromatic N) is 4. The molecule has 0 saturated heterocycles. The SMILES string of the molecule is C[C@@H](c1ccccc1)n1cnc2c(cnn2-c2cccc(Cl)c2)c1=O. The van der Waals surface area contributed by atoms with Crippen molar-refractivity contribution < 1.29 is 0 Å². The van der Waals surface area contributed by atoms with E-state index in [0.717, 1.165) is 11.3 Å². The second-order valence-corrected chi connectivity index (χ2v) is 6.25. The van der Waals surface area contributed by atoms with Gasteiger partial charge < -0.3 is 0 Å². The van der Waals surface area contributed by atoms with Gasteiger partial charge in [0.2, 0.25) is 0 Å². The van der Waals surface area contributed by atoms with Crippen LogP contribution >= 0.6 is 11.6 Å². The van der Waals surface area contributed by atoms with Crippen molar-refractivity contribution in [2.75, 3.05) is 0 Å². The average molecular weight is 351 g/mol. The van der Waals surface area contributed by atoms with Gasteiger partial charge in [0, 0.05) is 5.02 Å². The molecule has 2 aromatic heterocycles. The molecule has 0 bridgehead atoms. The molecule has 124 valence electrons. The highest BCUT2D eigenvalue weighted by Gasteiger charge is 2.15. The first-order valence-corrected chi connectivity index (χ1v) is 8.29. The quantitative estimate of drug-likeness (QED) is 0.564. The van der Waals surface area contributed by atoms with Crippen LogP contribution in [0.25, 0.3) is 16.7 Å². The second-order valence-electron chi connectivity index (χ2n) is 5.82. The van der Waals surface area contributed by atoms with Gasteiger partial charge in [-0.3, -0.25) is 9.36 Å². The summed E-state index contributed by atoms with van der Waals surface area (Å²) in [5.74, 6) is 0. The third-order valence-corrected chi connectivity index (χ3v) is 4.50. The Balaban J connectivity index is 1.84. The van der Waals surface area contributed by atoms with Crippen LogP contribution in [0.2, 0.25) is 5.02 Å². The zero-order valence-electron chi connectivity index (χ0n) is 13.5. The number of rotatable bonds is 3. The largest absolute Gasteiger partial charge is 0.291 e. The van der Waals surface area contributed by atoms with Gasteiger partial charge in [0.25, 0.3) is 5.56 Å². The molecule has 0 radical (unpaired) electrons. The fourth-order valence-electron chi connectivity index (χ4n) is 2.89. The molecule has 0 aliphatic heterocycles. The highest BCUT2D eigenvalue weighted by atomic mass is 35.5. The van der Waals surface area contributed by atoms with Crippen LogP contribution in [0.1, 0.15) is 18.5 Å². The summed E-state index contributed by atoms with van der Waals surface area (Å²) in [6.07, 6.45) is 3.13. The first kappa shape index (κ1) is 15.6. The summed E-state index contributed by atoms with van der Waals surface area (Å²) in [5.41, 5.74) is 2.22.